The zero-order chi connectivity index (χ0) is 21.3. The molecule has 1 N–H and O–H groups in total. The average molecular weight is 415 g/mol. The number of amides is 1. The van der Waals surface area contributed by atoms with Gasteiger partial charge in [-0.15, -0.1) is 0 Å². The van der Waals surface area contributed by atoms with Gasteiger partial charge >= 0.3 is 0 Å². The molecule has 6 heteroatoms. The van der Waals surface area contributed by atoms with E-state index in [9.17, 15) is 13.2 Å². The number of aryl methyl sites for hydroxylation is 4. The second kappa shape index (κ2) is 8.28. The fraction of sp³-hybridized carbons (Fsp3) is 0.435. The first-order valence-electron chi connectivity index (χ1n) is 10.1. The number of carbonyl (C=O) groups is 1. The highest BCUT2D eigenvalue weighted by molar-refractivity contribution is 7.89. The summed E-state index contributed by atoms with van der Waals surface area (Å²) in [6, 6.07) is 8.96. The Morgan fingerprint density at radius 2 is 1.55 bits per heavy atom. The first-order chi connectivity index (χ1) is 13.6. The lowest BCUT2D eigenvalue weighted by Crippen LogP contribution is -2.30. The molecular weight excluding hydrogens is 384 g/mol. The van der Waals surface area contributed by atoms with E-state index in [1.165, 1.54) is 21.5 Å². The van der Waals surface area contributed by atoms with Gasteiger partial charge in [-0.25, -0.2) is 8.42 Å². The number of hydrogen-bond donors (Lipinski definition) is 1. The fourth-order valence-electron chi connectivity index (χ4n) is 3.89. The second-order valence-electron chi connectivity index (χ2n) is 8.08. The van der Waals surface area contributed by atoms with Crippen LogP contribution in [-0.4, -0.2) is 31.7 Å². The second-order valence-corrected chi connectivity index (χ2v) is 9.99. The van der Waals surface area contributed by atoms with Crippen LogP contribution in [0.25, 0.3) is 0 Å². The Kier molecular flexibility index (Phi) is 6.15. The van der Waals surface area contributed by atoms with Crippen LogP contribution in [0.1, 0.15) is 64.0 Å². The van der Waals surface area contributed by atoms with Gasteiger partial charge in [-0.05, 0) is 87.4 Å². The molecular formula is C23H30N2O3S. The van der Waals surface area contributed by atoms with Crippen LogP contribution in [0.3, 0.4) is 0 Å². The van der Waals surface area contributed by atoms with Gasteiger partial charge in [0, 0.05) is 18.7 Å². The molecule has 2 aromatic carbocycles. The number of nitrogens with one attached hydrogen (secondary N) is 1. The summed E-state index contributed by atoms with van der Waals surface area (Å²) < 4.78 is 27.5. The molecule has 1 saturated heterocycles. The van der Waals surface area contributed by atoms with Crippen molar-refractivity contribution in [2.75, 3.05) is 13.1 Å². The lowest BCUT2D eigenvalue weighted by Gasteiger charge is -2.20. The van der Waals surface area contributed by atoms with Crippen LogP contribution in [0.2, 0.25) is 0 Å². The van der Waals surface area contributed by atoms with Crippen molar-refractivity contribution in [2.45, 2.75) is 58.4 Å². The molecule has 0 spiro atoms. The zero-order valence-corrected chi connectivity index (χ0v) is 18.7. The molecule has 1 atom stereocenters. The molecule has 1 aliphatic heterocycles. The summed E-state index contributed by atoms with van der Waals surface area (Å²) in [5, 5.41) is 3.02. The van der Waals surface area contributed by atoms with Crippen LogP contribution in [0, 0.1) is 27.7 Å². The van der Waals surface area contributed by atoms with Crippen molar-refractivity contribution in [2.24, 2.45) is 0 Å². The Balaban J connectivity index is 1.86. The number of hydrogen-bond acceptors (Lipinski definition) is 3. The minimum absolute atomic E-state index is 0.179. The molecule has 0 saturated carbocycles. The topological polar surface area (TPSA) is 66.5 Å². The summed E-state index contributed by atoms with van der Waals surface area (Å²) >= 11 is 0. The largest absolute Gasteiger partial charge is 0.346 e. The Hall–Kier alpha value is -2.18. The fourth-order valence-corrected chi connectivity index (χ4v) is 5.66. The van der Waals surface area contributed by atoms with E-state index in [4.69, 9.17) is 0 Å². The molecule has 0 aliphatic carbocycles. The van der Waals surface area contributed by atoms with Crippen molar-refractivity contribution >= 4 is 15.9 Å². The first kappa shape index (κ1) is 21.5. The van der Waals surface area contributed by atoms with E-state index in [-0.39, 0.29) is 16.8 Å². The molecule has 0 aromatic heterocycles. The molecule has 3 rings (SSSR count). The number of nitrogens with zero attached hydrogens (tertiary/aromatic N) is 1. The van der Waals surface area contributed by atoms with Gasteiger partial charge in [0.15, 0.2) is 0 Å². The number of benzene rings is 2. The van der Waals surface area contributed by atoms with E-state index in [0.29, 0.717) is 24.2 Å². The molecule has 1 aliphatic rings. The van der Waals surface area contributed by atoms with Crippen molar-refractivity contribution in [1.82, 2.24) is 9.62 Å². The van der Waals surface area contributed by atoms with Gasteiger partial charge in [0.1, 0.15) is 0 Å². The highest BCUT2D eigenvalue weighted by Gasteiger charge is 2.29. The SMILES string of the molecule is Cc1cc(C)c(C(C)NC(=O)c2ccc(C)c(S(=O)(=O)N3CCCC3)c2)cc1C. The van der Waals surface area contributed by atoms with Crippen molar-refractivity contribution < 1.29 is 13.2 Å². The molecule has 1 amide bonds. The average Bonchev–Trinajstić information content (AvgIpc) is 3.20. The summed E-state index contributed by atoms with van der Waals surface area (Å²) in [5.41, 5.74) is 5.62. The summed E-state index contributed by atoms with van der Waals surface area (Å²) in [5.74, 6) is -0.270. The monoisotopic (exact) mass is 414 g/mol. The van der Waals surface area contributed by atoms with Crippen molar-refractivity contribution in [3.05, 3.63) is 63.7 Å². The standard InChI is InChI=1S/C23H30N2O3S/c1-15-8-9-20(14-22(15)29(27,28)25-10-6-7-11-25)23(26)24-19(5)21-13-17(3)16(2)12-18(21)4/h8-9,12-14,19H,6-7,10-11H2,1-5H3,(H,24,26). The van der Waals surface area contributed by atoms with Gasteiger partial charge in [0.05, 0.1) is 10.9 Å². The quantitative estimate of drug-likeness (QED) is 0.797. The Morgan fingerprint density at radius 1 is 0.931 bits per heavy atom. The van der Waals surface area contributed by atoms with Crippen LogP contribution in [0.4, 0.5) is 0 Å². The lowest BCUT2D eigenvalue weighted by molar-refractivity contribution is 0.0939. The summed E-state index contributed by atoms with van der Waals surface area (Å²) in [6.45, 7) is 11.0. The van der Waals surface area contributed by atoms with Crippen molar-refractivity contribution in [3.63, 3.8) is 0 Å². The zero-order valence-electron chi connectivity index (χ0n) is 17.9. The summed E-state index contributed by atoms with van der Waals surface area (Å²) in [6.07, 6.45) is 1.76. The Labute approximate surface area is 174 Å². The van der Waals surface area contributed by atoms with Crippen LogP contribution >= 0.6 is 0 Å². The smallest absolute Gasteiger partial charge is 0.251 e. The van der Waals surface area contributed by atoms with Crippen LogP contribution in [0.15, 0.2) is 35.2 Å². The number of sulfonamides is 1. The predicted octanol–water partition coefficient (Wildman–Crippen LogP) is 4.20. The Bertz CT molecular complexity index is 1040. The molecule has 2 aromatic rings. The van der Waals surface area contributed by atoms with Gasteiger partial charge in [-0.1, -0.05) is 18.2 Å². The third-order valence-corrected chi connectivity index (χ3v) is 7.87. The van der Waals surface area contributed by atoms with Crippen LogP contribution in [0.5, 0.6) is 0 Å². The van der Waals surface area contributed by atoms with Crippen LogP contribution < -0.4 is 5.32 Å². The van der Waals surface area contributed by atoms with Gasteiger partial charge < -0.3 is 5.32 Å². The molecule has 1 unspecified atom stereocenters. The van der Waals surface area contributed by atoms with E-state index in [1.54, 1.807) is 19.1 Å². The van der Waals surface area contributed by atoms with E-state index < -0.39 is 10.0 Å². The van der Waals surface area contributed by atoms with E-state index in [0.717, 1.165) is 24.0 Å². The molecule has 29 heavy (non-hydrogen) atoms. The lowest BCUT2D eigenvalue weighted by atomic mass is 9.96. The third-order valence-electron chi connectivity index (χ3n) is 5.83. The van der Waals surface area contributed by atoms with Gasteiger partial charge in [0.2, 0.25) is 10.0 Å². The van der Waals surface area contributed by atoms with E-state index in [1.807, 2.05) is 13.8 Å². The molecule has 1 heterocycles. The first-order valence-corrected chi connectivity index (χ1v) is 11.5. The molecule has 1 fully saturated rings. The minimum atomic E-state index is -3.57. The van der Waals surface area contributed by atoms with Crippen molar-refractivity contribution in [1.29, 1.82) is 0 Å². The number of carbonyl (C=O) groups excluding carboxylic acids is 1. The minimum Gasteiger partial charge on any atom is -0.346 e. The highest BCUT2D eigenvalue weighted by atomic mass is 32.2. The van der Waals surface area contributed by atoms with Gasteiger partial charge in [0.25, 0.3) is 5.91 Å². The molecule has 0 bridgehead atoms. The highest BCUT2D eigenvalue weighted by Crippen LogP contribution is 2.26. The molecule has 156 valence electrons. The molecule has 5 nitrogen and oxygen atoms in total. The predicted molar refractivity (Wildman–Crippen MR) is 116 cm³/mol. The van der Waals surface area contributed by atoms with Crippen molar-refractivity contribution in [3.8, 4) is 0 Å². The third kappa shape index (κ3) is 4.38. The maximum Gasteiger partial charge on any atom is 0.251 e. The number of rotatable bonds is 5. The Morgan fingerprint density at radius 3 is 2.21 bits per heavy atom. The summed E-state index contributed by atoms with van der Waals surface area (Å²) in [7, 11) is -3.57. The van der Waals surface area contributed by atoms with E-state index >= 15 is 0 Å². The maximum absolute atomic E-state index is 13.0. The van der Waals surface area contributed by atoms with Gasteiger partial charge in [-0.2, -0.15) is 4.31 Å². The van der Waals surface area contributed by atoms with Crippen LogP contribution in [-0.2, 0) is 10.0 Å². The normalized spacial score (nSPS) is 16.0. The van der Waals surface area contributed by atoms with E-state index in [2.05, 4.69) is 31.3 Å². The maximum atomic E-state index is 13.0. The molecule has 0 radical (unpaired) electrons. The summed E-state index contributed by atoms with van der Waals surface area (Å²) in [4.78, 5) is 13.1. The van der Waals surface area contributed by atoms with Gasteiger partial charge in [-0.3, -0.25) is 4.79 Å².